The highest BCUT2D eigenvalue weighted by atomic mass is 32.2. The standard InChI is InChI=1S/C19H23N5O5S2/c1-23(2)31(28,29)12-6-4-11(5-7-12)16(25)21-18-15(17(26)22-19(20)27)13-8-9-24(3)10-14(13)30-18/h4-7H,8-10H2,1-3H3,(H,21,25)(H3,20,22,26,27). The summed E-state index contributed by atoms with van der Waals surface area (Å²) in [7, 11) is 1.18. The number of rotatable bonds is 5. The zero-order valence-corrected chi connectivity index (χ0v) is 18.9. The van der Waals surface area contributed by atoms with E-state index in [1.807, 2.05) is 7.05 Å². The third kappa shape index (κ3) is 4.77. The second-order valence-electron chi connectivity index (χ2n) is 7.28. The van der Waals surface area contributed by atoms with Crippen molar-refractivity contribution in [3.05, 3.63) is 45.8 Å². The van der Waals surface area contributed by atoms with Crippen molar-refractivity contribution in [1.29, 1.82) is 0 Å². The van der Waals surface area contributed by atoms with Crippen LogP contribution in [0.25, 0.3) is 0 Å². The molecule has 12 heteroatoms. The van der Waals surface area contributed by atoms with Gasteiger partial charge in [-0.2, -0.15) is 0 Å². The van der Waals surface area contributed by atoms with Crippen molar-refractivity contribution in [2.24, 2.45) is 5.73 Å². The summed E-state index contributed by atoms with van der Waals surface area (Å²) in [6.45, 7) is 1.35. The number of thiophene rings is 1. The van der Waals surface area contributed by atoms with Crippen LogP contribution >= 0.6 is 11.3 Å². The van der Waals surface area contributed by atoms with Crippen LogP contribution in [0.4, 0.5) is 9.80 Å². The predicted octanol–water partition coefficient (Wildman–Crippen LogP) is 1.05. The van der Waals surface area contributed by atoms with Crippen LogP contribution in [-0.4, -0.2) is 63.2 Å². The minimum atomic E-state index is -3.61. The molecule has 1 aliphatic heterocycles. The van der Waals surface area contributed by atoms with Crippen molar-refractivity contribution in [3.8, 4) is 0 Å². The number of carbonyl (C=O) groups excluding carboxylic acids is 3. The molecule has 31 heavy (non-hydrogen) atoms. The molecule has 0 atom stereocenters. The number of hydrogen-bond acceptors (Lipinski definition) is 7. The lowest BCUT2D eigenvalue weighted by molar-refractivity contribution is 0.0966. The van der Waals surface area contributed by atoms with E-state index < -0.39 is 27.9 Å². The molecule has 0 unspecified atom stereocenters. The SMILES string of the molecule is CN1CCc2c(sc(NC(=O)c3ccc(S(=O)(=O)N(C)C)cc3)c2C(=O)NC(N)=O)C1. The summed E-state index contributed by atoms with van der Waals surface area (Å²) >= 11 is 1.27. The molecule has 166 valence electrons. The average molecular weight is 466 g/mol. The molecule has 1 aromatic carbocycles. The number of urea groups is 1. The van der Waals surface area contributed by atoms with E-state index in [1.165, 1.54) is 49.7 Å². The molecular weight excluding hydrogens is 442 g/mol. The molecule has 0 bridgehead atoms. The summed E-state index contributed by atoms with van der Waals surface area (Å²) in [5.41, 5.74) is 6.33. The number of anilines is 1. The van der Waals surface area contributed by atoms with Crippen LogP contribution in [0.5, 0.6) is 0 Å². The first-order valence-electron chi connectivity index (χ1n) is 9.28. The average Bonchev–Trinajstić information content (AvgIpc) is 3.04. The maximum Gasteiger partial charge on any atom is 0.319 e. The van der Waals surface area contributed by atoms with E-state index in [2.05, 4.69) is 15.5 Å². The molecule has 10 nitrogen and oxygen atoms in total. The molecule has 2 aromatic rings. The van der Waals surface area contributed by atoms with E-state index in [1.54, 1.807) is 0 Å². The van der Waals surface area contributed by atoms with Gasteiger partial charge >= 0.3 is 6.03 Å². The minimum Gasteiger partial charge on any atom is -0.351 e. The van der Waals surface area contributed by atoms with Gasteiger partial charge in [-0.1, -0.05) is 0 Å². The van der Waals surface area contributed by atoms with Crippen molar-refractivity contribution in [2.75, 3.05) is 33.0 Å². The van der Waals surface area contributed by atoms with Gasteiger partial charge in [0, 0.05) is 37.6 Å². The van der Waals surface area contributed by atoms with E-state index in [9.17, 15) is 22.8 Å². The van der Waals surface area contributed by atoms with E-state index in [0.29, 0.717) is 18.0 Å². The number of amides is 4. The summed E-state index contributed by atoms with van der Waals surface area (Å²) in [5, 5.41) is 5.10. The highest BCUT2D eigenvalue weighted by Crippen LogP contribution is 2.37. The van der Waals surface area contributed by atoms with Gasteiger partial charge in [-0.25, -0.2) is 17.5 Å². The number of nitrogens with one attached hydrogen (secondary N) is 2. The first-order valence-corrected chi connectivity index (χ1v) is 11.5. The lowest BCUT2D eigenvalue weighted by Gasteiger charge is -2.22. The molecule has 0 saturated heterocycles. The number of benzene rings is 1. The Morgan fingerprint density at radius 3 is 2.35 bits per heavy atom. The molecule has 0 saturated carbocycles. The van der Waals surface area contributed by atoms with Gasteiger partial charge in [0.25, 0.3) is 11.8 Å². The van der Waals surface area contributed by atoms with Gasteiger partial charge in [-0.05, 0) is 43.3 Å². The lowest BCUT2D eigenvalue weighted by atomic mass is 10.0. The van der Waals surface area contributed by atoms with Gasteiger partial charge in [0.1, 0.15) is 5.00 Å². The second-order valence-corrected chi connectivity index (χ2v) is 10.5. The number of hydrogen-bond donors (Lipinski definition) is 3. The van der Waals surface area contributed by atoms with Gasteiger partial charge < -0.3 is 16.0 Å². The lowest BCUT2D eigenvalue weighted by Crippen LogP contribution is -2.36. The van der Waals surface area contributed by atoms with Crippen LogP contribution in [0.15, 0.2) is 29.2 Å². The Kier molecular flexibility index (Phi) is 6.46. The molecule has 3 rings (SSSR count). The Bertz CT molecular complexity index is 1140. The highest BCUT2D eigenvalue weighted by molar-refractivity contribution is 7.89. The number of likely N-dealkylation sites (N-methyl/N-ethyl adjacent to an activating group) is 1. The molecule has 0 spiro atoms. The van der Waals surface area contributed by atoms with Crippen molar-refractivity contribution in [3.63, 3.8) is 0 Å². The smallest absolute Gasteiger partial charge is 0.319 e. The van der Waals surface area contributed by atoms with Gasteiger partial charge in [-0.3, -0.25) is 14.9 Å². The number of nitrogens with two attached hydrogens (primary N) is 1. The molecule has 1 aromatic heterocycles. The summed E-state index contributed by atoms with van der Waals surface area (Å²) in [6, 6.07) is 4.51. The normalized spacial score (nSPS) is 14.2. The van der Waals surface area contributed by atoms with Crippen LogP contribution in [0.3, 0.4) is 0 Å². The minimum absolute atomic E-state index is 0.0604. The largest absolute Gasteiger partial charge is 0.351 e. The van der Waals surface area contributed by atoms with E-state index >= 15 is 0 Å². The van der Waals surface area contributed by atoms with E-state index in [0.717, 1.165) is 21.3 Å². The predicted molar refractivity (Wildman–Crippen MR) is 117 cm³/mol. The van der Waals surface area contributed by atoms with Crippen molar-refractivity contribution >= 4 is 44.2 Å². The fourth-order valence-corrected chi connectivity index (χ4v) is 5.42. The molecule has 0 radical (unpaired) electrons. The Morgan fingerprint density at radius 1 is 1.13 bits per heavy atom. The van der Waals surface area contributed by atoms with Gasteiger partial charge in [0.2, 0.25) is 10.0 Å². The fraction of sp³-hybridized carbons (Fsp3) is 0.316. The Morgan fingerprint density at radius 2 is 1.77 bits per heavy atom. The number of nitrogens with zero attached hydrogens (tertiary/aromatic N) is 2. The highest BCUT2D eigenvalue weighted by Gasteiger charge is 2.28. The number of carbonyl (C=O) groups is 3. The molecule has 4 amide bonds. The zero-order chi connectivity index (χ0) is 22.9. The van der Waals surface area contributed by atoms with Gasteiger partial charge in [0.15, 0.2) is 0 Å². The Hall–Kier alpha value is -2.80. The number of imide groups is 1. The summed E-state index contributed by atoms with van der Waals surface area (Å²) in [5.74, 6) is -1.17. The monoisotopic (exact) mass is 465 g/mol. The first-order chi connectivity index (χ1) is 14.5. The van der Waals surface area contributed by atoms with Crippen molar-refractivity contribution in [2.45, 2.75) is 17.9 Å². The second kappa shape index (κ2) is 8.75. The Labute approximate surface area is 184 Å². The zero-order valence-electron chi connectivity index (χ0n) is 17.3. The maximum atomic E-state index is 12.8. The van der Waals surface area contributed by atoms with Crippen molar-refractivity contribution < 1.29 is 22.8 Å². The van der Waals surface area contributed by atoms with Gasteiger partial charge in [-0.15, -0.1) is 11.3 Å². The molecule has 4 N–H and O–H groups in total. The number of fused-ring (bicyclic) bond motifs is 1. The summed E-state index contributed by atoms with van der Waals surface area (Å²) in [6.07, 6.45) is 0.594. The summed E-state index contributed by atoms with van der Waals surface area (Å²) in [4.78, 5) is 39.6. The quantitative estimate of drug-likeness (QED) is 0.602. The van der Waals surface area contributed by atoms with Crippen LogP contribution in [0.1, 0.15) is 31.2 Å². The third-order valence-electron chi connectivity index (χ3n) is 4.83. The molecule has 1 aliphatic rings. The van der Waals surface area contributed by atoms with Crippen LogP contribution in [-0.2, 0) is 23.0 Å². The van der Waals surface area contributed by atoms with Crippen LogP contribution in [0, 0.1) is 0 Å². The number of primary amides is 1. The molecule has 2 heterocycles. The van der Waals surface area contributed by atoms with Crippen molar-refractivity contribution in [1.82, 2.24) is 14.5 Å². The molecule has 0 fully saturated rings. The fourth-order valence-electron chi connectivity index (χ4n) is 3.20. The maximum absolute atomic E-state index is 12.8. The number of sulfonamides is 1. The van der Waals surface area contributed by atoms with E-state index in [4.69, 9.17) is 5.73 Å². The van der Waals surface area contributed by atoms with E-state index in [-0.39, 0.29) is 16.0 Å². The molecule has 0 aliphatic carbocycles. The third-order valence-corrected chi connectivity index (χ3v) is 7.80. The molecular formula is C19H23N5O5S2. The van der Waals surface area contributed by atoms with Crippen LogP contribution in [0.2, 0.25) is 0 Å². The first kappa shape index (κ1) is 22.9. The topological polar surface area (TPSA) is 142 Å². The van der Waals surface area contributed by atoms with Gasteiger partial charge in [0.05, 0.1) is 10.5 Å². The Balaban J connectivity index is 1.90. The summed E-state index contributed by atoms with van der Waals surface area (Å²) < 4.78 is 25.5. The van der Waals surface area contributed by atoms with Crippen LogP contribution < -0.4 is 16.4 Å².